The summed E-state index contributed by atoms with van der Waals surface area (Å²) in [6.45, 7) is 1.67. The fourth-order valence-corrected chi connectivity index (χ4v) is 3.34. The summed E-state index contributed by atoms with van der Waals surface area (Å²) in [4.78, 5) is 22.8. The van der Waals surface area contributed by atoms with Crippen LogP contribution in [0, 0.1) is 5.82 Å². The Morgan fingerprint density at radius 2 is 2.04 bits per heavy atom. The highest BCUT2D eigenvalue weighted by atomic mass is 35.5. The Kier molecular flexibility index (Phi) is 6.96. The summed E-state index contributed by atoms with van der Waals surface area (Å²) in [6.07, 6.45) is -0.142. The van der Waals surface area contributed by atoms with E-state index in [-0.39, 0.29) is 16.3 Å². The highest BCUT2D eigenvalue weighted by molar-refractivity contribution is 7.92. The third-order valence-corrected chi connectivity index (χ3v) is 4.96. The van der Waals surface area contributed by atoms with Gasteiger partial charge in [0.05, 0.1) is 23.2 Å². The number of carboxylic acid groups (broad SMARTS) is 1. The highest BCUT2D eigenvalue weighted by Gasteiger charge is 2.22. The minimum absolute atomic E-state index is 0.139. The van der Waals surface area contributed by atoms with E-state index in [1.165, 1.54) is 12.1 Å². The van der Waals surface area contributed by atoms with Crippen LogP contribution in [0.4, 0.5) is 4.39 Å². The van der Waals surface area contributed by atoms with Gasteiger partial charge in [0.2, 0.25) is 5.91 Å². The van der Waals surface area contributed by atoms with Crippen molar-refractivity contribution in [2.45, 2.75) is 25.8 Å². The molecule has 0 aliphatic heterocycles. The van der Waals surface area contributed by atoms with Gasteiger partial charge in [-0.15, -0.1) is 0 Å². The van der Waals surface area contributed by atoms with Crippen molar-refractivity contribution in [2.24, 2.45) is 0 Å². The predicted octanol–water partition coefficient (Wildman–Crippen LogP) is 1.94. The van der Waals surface area contributed by atoms with Gasteiger partial charge in [-0.2, -0.15) is 0 Å². The maximum absolute atomic E-state index is 13.5. The van der Waals surface area contributed by atoms with Crippen molar-refractivity contribution in [1.29, 1.82) is 0 Å². The van der Waals surface area contributed by atoms with Gasteiger partial charge in [-0.3, -0.25) is 9.59 Å². The number of sulfone groups is 1. The van der Waals surface area contributed by atoms with Gasteiger partial charge in [0, 0.05) is 0 Å². The van der Waals surface area contributed by atoms with Crippen molar-refractivity contribution < 1.29 is 27.5 Å². The van der Waals surface area contributed by atoms with Gasteiger partial charge in [0.15, 0.2) is 9.84 Å². The Balaban J connectivity index is 2.92. The molecule has 2 N–H and O–H groups in total. The molecular formula is C14H17ClFNO5S. The molecule has 1 unspecified atom stereocenters. The van der Waals surface area contributed by atoms with Gasteiger partial charge < -0.3 is 10.4 Å². The van der Waals surface area contributed by atoms with Crippen molar-refractivity contribution in [3.05, 3.63) is 34.6 Å². The van der Waals surface area contributed by atoms with Gasteiger partial charge in [-0.05, 0) is 24.1 Å². The van der Waals surface area contributed by atoms with E-state index in [0.29, 0.717) is 6.42 Å². The lowest BCUT2D eigenvalue weighted by molar-refractivity contribution is -0.137. The van der Waals surface area contributed by atoms with E-state index in [2.05, 4.69) is 5.32 Å². The monoisotopic (exact) mass is 365 g/mol. The summed E-state index contributed by atoms with van der Waals surface area (Å²) in [5.41, 5.74) is 0.190. The summed E-state index contributed by atoms with van der Waals surface area (Å²) < 4.78 is 36.7. The second-order valence-electron chi connectivity index (χ2n) is 4.98. The summed E-state index contributed by atoms with van der Waals surface area (Å²) in [7, 11) is -3.56. The molecule has 1 aromatic carbocycles. The topological polar surface area (TPSA) is 101 Å². The molecule has 1 amide bonds. The lowest BCUT2D eigenvalue weighted by Gasteiger charge is -2.18. The molecule has 9 heteroatoms. The van der Waals surface area contributed by atoms with Crippen LogP contribution in [0.1, 0.15) is 31.4 Å². The fraction of sp³-hybridized carbons (Fsp3) is 0.429. The highest BCUT2D eigenvalue weighted by Crippen LogP contribution is 2.22. The van der Waals surface area contributed by atoms with Gasteiger partial charge in [0.1, 0.15) is 11.6 Å². The first kappa shape index (κ1) is 19.4. The van der Waals surface area contributed by atoms with Gasteiger partial charge in [0.25, 0.3) is 0 Å². The van der Waals surface area contributed by atoms with Crippen LogP contribution in [0.5, 0.6) is 0 Å². The summed E-state index contributed by atoms with van der Waals surface area (Å²) in [5, 5.41) is 11.1. The Labute approximate surface area is 138 Å². The molecule has 23 heavy (non-hydrogen) atoms. The minimum atomic E-state index is -3.56. The van der Waals surface area contributed by atoms with Crippen molar-refractivity contribution in [1.82, 2.24) is 5.32 Å². The van der Waals surface area contributed by atoms with Crippen LogP contribution in [0.3, 0.4) is 0 Å². The first-order valence-corrected chi connectivity index (χ1v) is 9.01. The number of hydrogen-bond donors (Lipinski definition) is 2. The molecule has 0 aromatic heterocycles. The van der Waals surface area contributed by atoms with E-state index < -0.39 is 45.7 Å². The maximum Gasteiger partial charge on any atom is 0.305 e. The Hall–Kier alpha value is -1.67. The lowest BCUT2D eigenvalue weighted by Crippen LogP contribution is -2.35. The van der Waals surface area contributed by atoms with Crippen LogP contribution in [-0.2, 0) is 19.4 Å². The summed E-state index contributed by atoms with van der Waals surface area (Å²) in [5.74, 6) is -3.69. The van der Waals surface area contributed by atoms with Crippen molar-refractivity contribution in [3.8, 4) is 0 Å². The zero-order valence-electron chi connectivity index (χ0n) is 12.4. The molecule has 0 fully saturated rings. The minimum Gasteiger partial charge on any atom is -0.481 e. The lowest BCUT2D eigenvalue weighted by atomic mass is 10.0. The van der Waals surface area contributed by atoms with Crippen LogP contribution >= 0.6 is 11.6 Å². The van der Waals surface area contributed by atoms with Crippen LogP contribution in [0.15, 0.2) is 18.2 Å². The zero-order valence-corrected chi connectivity index (χ0v) is 14.0. The van der Waals surface area contributed by atoms with E-state index in [1.54, 1.807) is 6.92 Å². The van der Waals surface area contributed by atoms with E-state index in [9.17, 15) is 22.4 Å². The van der Waals surface area contributed by atoms with E-state index in [0.717, 1.165) is 6.07 Å². The molecule has 1 atom stereocenters. The predicted molar refractivity (Wildman–Crippen MR) is 83.5 cm³/mol. The number of benzene rings is 1. The summed E-state index contributed by atoms with van der Waals surface area (Å²) in [6, 6.07) is 2.57. The third kappa shape index (κ3) is 6.54. The SMILES string of the molecule is CCCS(=O)(=O)CC(=O)NC(CC(=O)O)c1ccc(Cl)c(F)c1. The first-order valence-electron chi connectivity index (χ1n) is 6.81. The molecule has 0 heterocycles. The zero-order chi connectivity index (χ0) is 17.6. The Morgan fingerprint density at radius 3 is 2.57 bits per heavy atom. The average Bonchev–Trinajstić information content (AvgIpc) is 2.39. The van der Waals surface area contributed by atoms with E-state index in [4.69, 9.17) is 16.7 Å². The standard InChI is InChI=1S/C14H17ClFNO5S/c1-2-5-23(21,22)8-13(18)17-12(7-14(19)20)9-3-4-10(15)11(16)6-9/h3-4,6,12H,2,5,7-8H2,1H3,(H,17,18)(H,19,20). The molecule has 0 aliphatic rings. The van der Waals surface area contributed by atoms with Crippen LogP contribution in [0.25, 0.3) is 0 Å². The third-order valence-electron chi connectivity index (χ3n) is 2.93. The van der Waals surface area contributed by atoms with Crippen LogP contribution < -0.4 is 5.32 Å². The molecule has 1 aromatic rings. The largest absolute Gasteiger partial charge is 0.481 e. The molecule has 6 nitrogen and oxygen atoms in total. The van der Waals surface area contributed by atoms with E-state index in [1.807, 2.05) is 0 Å². The smallest absolute Gasteiger partial charge is 0.305 e. The number of carbonyl (C=O) groups is 2. The van der Waals surface area contributed by atoms with Gasteiger partial charge in [-0.25, -0.2) is 12.8 Å². The molecule has 0 radical (unpaired) electrons. The molecule has 0 saturated heterocycles. The van der Waals surface area contributed by atoms with Crippen molar-refractivity contribution in [3.63, 3.8) is 0 Å². The molecule has 0 bridgehead atoms. The molecular weight excluding hydrogens is 349 g/mol. The van der Waals surface area contributed by atoms with Crippen LogP contribution in [0.2, 0.25) is 5.02 Å². The number of aliphatic carboxylic acids is 1. The van der Waals surface area contributed by atoms with Crippen molar-refractivity contribution in [2.75, 3.05) is 11.5 Å². The second kappa shape index (κ2) is 8.26. The molecule has 0 spiro atoms. The Bertz CT molecular complexity index is 692. The van der Waals surface area contributed by atoms with Gasteiger partial charge >= 0.3 is 5.97 Å². The number of carbonyl (C=O) groups excluding carboxylic acids is 1. The van der Waals surface area contributed by atoms with Gasteiger partial charge in [-0.1, -0.05) is 24.6 Å². The molecule has 1 rings (SSSR count). The number of hydrogen-bond acceptors (Lipinski definition) is 4. The first-order chi connectivity index (χ1) is 10.6. The molecule has 0 saturated carbocycles. The van der Waals surface area contributed by atoms with Crippen LogP contribution in [-0.4, -0.2) is 36.9 Å². The Morgan fingerprint density at radius 1 is 1.39 bits per heavy atom. The maximum atomic E-state index is 13.5. The molecule has 128 valence electrons. The average molecular weight is 366 g/mol. The number of carboxylic acids is 1. The second-order valence-corrected chi connectivity index (χ2v) is 7.57. The normalized spacial score (nSPS) is 12.7. The fourth-order valence-electron chi connectivity index (χ4n) is 1.97. The number of rotatable bonds is 8. The van der Waals surface area contributed by atoms with E-state index >= 15 is 0 Å². The number of amides is 1. The number of nitrogens with one attached hydrogen (secondary N) is 1. The number of halogens is 2. The quantitative estimate of drug-likeness (QED) is 0.733. The summed E-state index contributed by atoms with van der Waals surface area (Å²) >= 11 is 5.56. The van der Waals surface area contributed by atoms with Crippen molar-refractivity contribution >= 4 is 33.3 Å². The molecule has 0 aliphatic carbocycles.